The molecule has 3 saturated heterocycles. The Morgan fingerprint density at radius 1 is 1.10 bits per heavy atom. The first-order chi connectivity index (χ1) is 13.7. The van der Waals surface area contributed by atoms with Crippen LogP contribution in [-0.4, -0.2) is 41.6 Å². The monoisotopic (exact) mass is 411 g/mol. The molecular formula is C23H26ClN3O2. The number of ether oxygens (including phenoxy) is 1. The second kappa shape index (κ2) is 8.09. The number of carbonyl (C=O) groups is 1. The molecule has 0 spiro atoms. The first-order valence-corrected chi connectivity index (χ1v) is 10.0. The van der Waals surface area contributed by atoms with E-state index >= 15 is 0 Å². The molecule has 0 radical (unpaired) electrons. The number of benzene rings is 2. The van der Waals surface area contributed by atoms with Crippen molar-refractivity contribution < 1.29 is 9.53 Å². The average Bonchev–Trinajstić information content (AvgIpc) is 3.02. The zero-order valence-corrected chi connectivity index (χ0v) is 17.2. The number of carbonyl (C=O) groups excluding carboxylic acids is 1. The first-order valence-electron chi connectivity index (χ1n) is 10.0. The number of amides is 1. The van der Waals surface area contributed by atoms with Crippen LogP contribution in [0.4, 0.5) is 0 Å². The molecule has 3 fully saturated rings. The number of hydrogen-bond acceptors (Lipinski definition) is 3. The molecule has 2 N–H and O–H groups in total. The van der Waals surface area contributed by atoms with E-state index in [2.05, 4.69) is 23.1 Å². The third-order valence-electron chi connectivity index (χ3n) is 6.17. The molecule has 5 nitrogen and oxygen atoms in total. The van der Waals surface area contributed by atoms with Gasteiger partial charge in [-0.3, -0.25) is 9.69 Å². The summed E-state index contributed by atoms with van der Waals surface area (Å²) < 4.78 is 8.03. The molecule has 0 aliphatic carbocycles. The summed E-state index contributed by atoms with van der Waals surface area (Å²) in [7, 11) is 0. The lowest BCUT2D eigenvalue weighted by atomic mass is 9.84. The molecule has 3 aliphatic rings. The normalized spacial score (nSPS) is 22.1. The Bertz CT molecular complexity index is 1080. The number of nitrogens with two attached hydrogens (primary N) is 1. The van der Waals surface area contributed by atoms with E-state index < -0.39 is 0 Å². The summed E-state index contributed by atoms with van der Waals surface area (Å²) in [5, 5.41) is 2.24. The summed E-state index contributed by atoms with van der Waals surface area (Å²) in [6, 6.07) is 14.2. The molecule has 0 saturated carbocycles. The minimum atomic E-state index is -0.346. The number of piperidine rings is 3. The predicted octanol–water partition coefficient (Wildman–Crippen LogP) is 3.73. The van der Waals surface area contributed by atoms with E-state index in [4.69, 9.17) is 10.5 Å². The van der Waals surface area contributed by atoms with Gasteiger partial charge < -0.3 is 15.0 Å². The highest BCUT2D eigenvalue weighted by molar-refractivity contribution is 6.08. The Labute approximate surface area is 176 Å². The van der Waals surface area contributed by atoms with Crippen molar-refractivity contribution in [2.24, 2.45) is 11.7 Å². The van der Waals surface area contributed by atoms with Gasteiger partial charge >= 0.3 is 0 Å². The van der Waals surface area contributed by atoms with Crippen LogP contribution < -0.4 is 10.5 Å². The van der Waals surface area contributed by atoms with Gasteiger partial charge in [0.15, 0.2) is 0 Å². The molecule has 6 rings (SSSR count). The topological polar surface area (TPSA) is 60.5 Å². The fourth-order valence-electron chi connectivity index (χ4n) is 4.77. The lowest BCUT2D eigenvalue weighted by molar-refractivity contribution is -0.118. The van der Waals surface area contributed by atoms with Crippen LogP contribution in [0.5, 0.6) is 5.75 Å². The smallest absolute Gasteiger partial charge is 0.237 e. The third kappa shape index (κ3) is 3.72. The number of fused-ring (bicyclic) bond motifs is 6. The summed E-state index contributed by atoms with van der Waals surface area (Å²) in [4.78, 5) is 14.1. The number of para-hydroxylation sites is 1. The van der Waals surface area contributed by atoms with E-state index in [1.54, 1.807) is 0 Å². The van der Waals surface area contributed by atoms with E-state index in [1.807, 2.05) is 34.9 Å². The minimum absolute atomic E-state index is 0. The molecule has 0 atom stereocenters. The molecule has 2 aromatic carbocycles. The van der Waals surface area contributed by atoms with Crippen LogP contribution in [-0.2, 0) is 11.3 Å². The van der Waals surface area contributed by atoms with Crippen molar-refractivity contribution in [2.45, 2.75) is 19.4 Å². The second-order valence-corrected chi connectivity index (χ2v) is 7.89. The van der Waals surface area contributed by atoms with Gasteiger partial charge in [-0.1, -0.05) is 23.8 Å². The molecule has 3 aromatic rings. The molecule has 2 bridgehead atoms. The van der Waals surface area contributed by atoms with Crippen LogP contribution in [0, 0.1) is 5.92 Å². The minimum Gasteiger partial charge on any atom is -0.489 e. The van der Waals surface area contributed by atoms with Crippen molar-refractivity contribution in [3.05, 3.63) is 54.1 Å². The van der Waals surface area contributed by atoms with Gasteiger partial charge in [0.1, 0.15) is 18.9 Å². The summed E-state index contributed by atoms with van der Waals surface area (Å²) >= 11 is 0. The van der Waals surface area contributed by atoms with Gasteiger partial charge in [0.2, 0.25) is 5.91 Å². The van der Waals surface area contributed by atoms with E-state index in [-0.39, 0.29) is 24.9 Å². The van der Waals surface area contributed by atoms with Crippen molar-refractivity contribution in [1.29, 1.82) is 0 Å². The number of aromatic nitrogens is 1. The summed E-state index contributed by atoms with van der Waals surface area (Å²) in [6.45, 7) is 4.32. The molecule has 29 heavy (non-hydrogen) atoms. The Morgan fingerprint density at radius 3 is 2.59 bits per heavy atom. The maximum Gasteiger partial charge on any atom is 0.237 e. The Morgan fingerprint density at radius 2 is 1.86 bits per heavy atom. The number of hydrogen-bond donors (Lipinski definition) is 1. The van der Waals surface area contributed by atoms with E-state index in [0.717, 1.165) is 40.0 Å². The number of halogens is 1. The highest BCUT2D eigenvalue weighted by atomic mass is 35.5. The summed E-state index contributed by atoms with van der Waals surface area (Å²) in [6.07, 6.45) is 4.83. The van der Waals surface area contributed by atoms with Crippen LogP contribution in [0.15, 0.2) is 54.1 Å². The third-order valence-corrected chi connectivity index (χ3v) is 6.17. The van der Waals surface area contributed by atoms with Gasteiger partial charge in [0, 0.05) is 28.9 Å². The summed E-state index contributed by atoms with van der Waals surface area (Å²) in [5.41, 5.74) is 9.02. The van der Waals surface area contributed by atoms with Crippen LogP contribution in [0.2, 0.25) is 0 Å². The van der Waals surface area contributed by atoms with Crippen molar-refractivity contribution in [3.8, 4) is 5.75 Å². The van der Waals surface area contributed by atoms with Gasteiger partial charge in [0.05, 0.1) is 5.52 Å². The van der Waals surface area contributed by atoms with Crippen molar-refractivity contribution in [3.63, 3.8) is 0 Å². The van der Waals surface area contributed by atoms with Crippen LogP contribution in [0.1, 0.15) is 12.8 Å². The van der Waals surface area contributed by atoms with Gasteiger partial charge in [-0.15, -0.1) is 12.4 Å². The molecule has 6 heteroatoms. The molecular weight excluding hydrogens is 386 g/mol. The summed E-state index contributed by atoms with van der Waals surface area (Å²) in [5.74, 6) is 1.22. The standard InChI is InChI=1S/C23H25N3O2.ClH/c24-23(27)15-26-21-4-2-1-3-19(21)20-6-5-18(13-22(20)26)28-12-9-17-14-25-10-7-16(17)8-11-25;/h1-6,9,13,16H,7-8,10-12,14-15H2,(H2,24,27);1H. The first kappa shape index (κ1) is 19.8. The Hall–Kier alpha value is -2.50. The number of primary amides is 1. The second-order valence-electron chi connectivity index (χ2n) is 7.89. The molecule has 152 valence electrons. The van der Waals surface area contributed by atoms with Gasteiger partial charge in [0.25, 0.3) is 0 Å². The fraction of sp³-hybridized carbons (Fsp3) is 0.348. The largest absolute Gasteiger partial charge is 0.489 e. The van der Waals surface area contributed by atoms with Gasteiger partial charge in [-0.25, -0.2) is 0 Å². The maximum absolute atomic E-state index is 11.6. The highest BCUT2D eigenvalue weighted by Crippen LogP contribution is 2.33. The lowest BCUT2D eigenvalue weighted by Crippen LogP contribution is -2.43. The van der Waals surface area contributed by atoms with E-state index in [1.165, 1.54) is 31.5 Å². The van der Waals surface area contributed by atoms with E-state index in [0.29, 0.717) is 6.61 Å². The molecule has 1 amide bonds. The Balaban J connectivity index is 0.00000205. The van der Waals surface area contributed by atoms with Crippen molar-refractivity contribution in [2.75, 3.05) is 26.2 Å². The number of rotatable bonds is 5. The van der Waals surface area contributed by atoms with Gasteiger partial charge in [-0.2, -0.15) is 0 Å². The van der Waals surface area contributed by atoms with Gasteiger partial charge in [-0.05, 0) is 56.1 Å². The SMILES string of the molecule is Cl.NC(=O)Cn1c2ccccc2c2ccc(OCC=C3CN4CCC3CC4)cc21. The van der Waals surface area contributed by atoms with Crippen LogP contribution >= 0.6 is 12.4 Å². The zero-order valence-electron chi connectivity index (χ0n) is 16.3. The van der Waals surface area contributed by atoms with Crippen molar-refractivity contribution >= 4 is 40.1 Å². The van der Waals surface area contributed by atoms with Crippen LogP contribution in [0.3, 0.4) is 0 Å². The molecule has 0 unspecified atom stereocenters. The average molecular weight is 412 g/mol. The molecule has 1 aromatic heterocycles. The van der Waals surface area contributed by atoms with Crippen LogP contribution in [0.25, 0.3) is 21.8 Å². The molecule has 3 aliphatic heterocycles. The predicted molar refractivity (Wildman–Crippen MR) is 119 cm³/mol. The maximum atomic E-state index is 11.6. The highest BCUT2D eigenvalue weighted by Gasteiger charge is 2.28. The van der Waals surface area contributed by atoms with Crippen molar-refractivity contribution in [1.82, 2.24) is 9.47 Å². The Kier molecular flexibility index (Phi) is 5.52. The lowest BCUT2D eigenvalue weighted by Gasteiger charge is -2.41. The fourth-order valence-corrected chi connectivity index (χ4v) is 4.77. The zero-order chi connectivity index (χ0) is 19.1. The van der Waals surface area contributed by atoms with E-state index in [9.17, 15) is 4.79 Å². The molecule has 4 heterocycles. The number of nitrogens with zero attached hydrogens (tertiary/aromatic N) is 2. The quantitative estimate of drug-likeness (QED) is 0.651.